The Kier molecular flexibility index (Phi) is 6.09. The van der Waals surface area contributed by atoms with Crippen LogP contribution in [-0.4, -0.2) is 22.9 Å². The molecule has 0 radical (unpaired) electrons. The molecule has 1 N–H and O–H groups in total. The molecule has 1 atom stereocenters. The van der Waals surface area contributed by atoms with Crippen LogP contribution >= 0.6 is 0 Å². The minimum atomic E-state index is -1.24. The van der Waals surface area contributed by atoms with Gasteiger partial charge in [-0.1, -0.05) is 31.0 Å². The Balaban J connectivity index is 1.74. The molecule has 1 amide bonds. The molecule has 1 aliphatic rings. The van der Waals surface area contributed by atoms with E-state index in [1.807, 2.05) is 0 Å². The standard InChI is InChI=1S/C21H20F2N2O5/c1-13(19(26)24-14-8-9-17(23)18(12-14)25(28)29)30-20(27)21(10-4-5-11-21)15-6-2-3-7-16(15)22/h2-3,6-9,12-13H,4-5,10-11H2,1H3,(H,24,26)/t13-/m0/s1. The monoisotopic (exact) mass is 418 g/mol. The lowest BCUT2D eigenvalue weighted by molar-refractivity contribution is -0.387. The Labute approximate surface area is 171 Å². The molecule has 7 nitrogen and oxygen atoms in total. The maximum Gasteiger partial charge on any atom is 0.317 e. The zero-order chi connectivity index (χ0) is 21.9. The number of halogens is 2. The summed E-state index contributed by atoms with van der Waals surface area (Å²) in [5.41, 5.74) is -1.72. The van der Waals surface area contributed by atoms with Crippen LogP contribution in [0.4, 0.5) is 20.2 Å². The molecule has 2 aromatic rings. The predicted octanol–water partition coefficient (Wildman–Crippen LogP) is 4.26. The second-order valence-corrected chi connectivity index (χ2v) is 7.23. The van der Waals surface area contributed by atoms with Gasteiger partial charge in [0.2, 0.25) is 5.82 Å². The lowest BCUT2D eigenvalue weighted by Crippen LogP contribution is -2.40. The number of nitrogens with zero attached hydrogens (tertiary/aromatic N) is 1. The van der Waals surface area contributed by atoms with Gasteiger partial charge in [-0.15, -0.1) is 0 Å². The smallest absolute Gasteiger partial charge is 0.317 e. The lowest BCUT2D eigenvalue weighted by atomic mass is 9.78. The van der Waals surface area contributed by atoms with Gasteiger partial charge in [-0.05, 0) is 38.0 Å². The zero-order valence-electron chi connectivity index (χ0n) is 16.2. The Morgan fingerprint density at radius 1 is 1.13 bits per heavy atom. The first-order chi connectivity index (χ1) is 14.2. The van der Waals surface area contributed by atoms with Gasteiger partial charge in [0.05, 0.1) is 10.3 Å². The second-order valence-electron chi connectivity index (χ2n) is 7.23. The Morgan fingerprint density at radius 3 is 2.43 bits per heavy atom. The highest BCUT2D eigenvalue weighted by atomic mass is 19.1. The molecule has 0 aliphatic heterocycles. The number of rotatable bonds is 6. The van der Waals surface area contributed by atoms with Crippen LogP contribution in [-0.2, 0) is 19.7 Å². The fraction of sp³-hybridized carbons (Fsp3) is 0.333. The molecule has 0 heterocycles. The SMILES string of the molecule is C[C@H](OC(=O)C1(c2ccccc2F)CCCC1)C(=O)Nc1ccc(F)c([N+](=O)[O-])c1. The third-order valence-corrected chi connectivity index (χ3v) is 5.30. The number of carbonyl (C=O) groups excluding carboxylic acids is 2. The Hall–Kier alpha value is -3.36. The third-order valence-electron chi connectivity index (χ3n) is 5.30. The average molecular weight is 418 g/mol. The van der Waals surface area contributed by atoms with E-state index in [-0.39, 0.29) is 11.3 Å². The summed E-state index contributed by atoms with van der Waals surface area (Å²) in [5.74, 6) is -2.98. The number of nitro groups is 1. The molecule has 158 valence electrons. The second kappa shape index (κ2) is 8.56. The Morgan fingerprint density at radius 2 is 1.80 bits per heavy atom. The largest absolute Gasteiger partial charge is 0.452 e. The summed E-state index contributed by atoms with van der Waals surface area (Å²) in [5, 5.41) is 13.2. The first kappa shape index (κ1) is 21.4. The van der Waals surface area contributed by atoms with Crippen LogP contribution in [0.1, 0.15) is 38.2 Å². The number of anilines is 1. The van der Waals surface area contributed by atoms with Gasteiger partial charge in [-0.2, -0.15) is 4.39 Å². The first-order valence-electron chi connectivity index (χ1n) is 9.45. The van der Waals surface area contributed by atoms with Gasteiger partial charge >= 0.3 is 11.7 Å². The maximum absolute atomic E-state index is 14.4. The van der Waals surface area contributed by atoms with Gasteiger partial charge in [0, 0.05) is 17.3 Å². The molecule has 1 fully saturated rings. The van der Waals surface area contributed by atoms with Gasteiger partial charge < -0.3 is 10.1 Å². The number of hydrogen-bond donors (Lipinski definition) is 1. The highest BCUT2D eigenvalue weighted by Gasteiger charge is 2.46. The van der Waals surface area contributed by atoms with Crippen LogP contribution in [0.15, 0.2) is 42.5 Å². The van der Waals surface area contributed by atoms with Gasteiger partial charge in [0.25, 0.3) is 5.91 Å². The summed E-state index contributed by atoms with van der Waals surface area (Å²) in [4.78, 5) is 35.3. The molecule has 2 aromatic carbocycles. The number of nitrogens with one attached hydrogen (secondary N) is 1. The van der Waals surface area contributed by atoms with E-state index in [9.17, 15) is 28.5 Å². The molecule has 3 rings (SSSR count). The van der Waals surface area contributed by atoms with Crippen molar-refractivity contribution in [2.24, 2.45) is 0 Å². The van der Waals surface area contributed by atoms with Crippen molar-refractivity contribution in [3.63, 3.8) is 0 Å². The summed E-state index contributed by atoms with van der Waals surface area (Å²) < 4.78 is 33.2. The number of hydrogen-bond acceptors (Lipinski definition) is 5. The molecule has 9 heteroatoms. The van der Waals surface area contributed by atoms with E-state index in [0.717, 1.165) is 31.0 Å². The summed E-state index contributed by atoms with van der Waals surface area (Å²) in [6.07, 6.45) is 1.02. The lowest BCUT2D eigenvalue weighted by Gasteiger charge is -2.29. The van der Waals surface area contributed by atoms with E-state index in [1.165, 1.54) is 19.1 Å². The molecule has 0 aromatic heterocycles. The summed E-state index contributed by atoms with van der Waals surface area (Å²) in [6, 6.07) is 8.89. The number of ether oxygens (including phenoxy) is 1. The number of nitro benzene ring substituents is 1. The molecule has 0 saturated heterocycles. The van der Waals surface area contributed by atoms with Crippen molar-refractivity contribution in [2.45, 2.75) is 44.1 Å². The first-order valence-corrected chi connectivity index (χ1v) is 9.45. The topological polar surface area (TPSA) is 98.5 Å². The van der Waals surface area contributed by atoms with Crippen molar-refractivity contribution >= 4 is 23.3 Å². The predicted molar refractivity (Wildman–Crippen MR) is 104 cm³/mol. The van der Waals surface area contributed by atoms with E-state index in [1.54, 1.807) is 12.1 Å². The molecule has 0 spiro atoms. The minimum Gasteiger partial charge on any atom is -0.452 e. The normalized spacial score (nSPS) is 16.0. The van der Waals surface area contributed by atoms with E-state index in [4.69, 9.17) is 4.74 Å². The van der Waals surface area contributed by atoms with E-state index in [2.05, 4.69) is 5.32 Å². The van der Waals surface area contributed by atoms with Crippen molar-refractivity contribution in [1.29, 1.82) is 0 Å². The van der Waals surface area contributed by atoms with E-state index in [0.29, 0.717) is 12.8 Å². The van der Waals surface area contributed by atoms with Crippen LogP contribution in [0, 0.1) is 21.7 Å². The van der Waals surface area contributed by atoms with Gasteiger partial charge in [0.1, 0.15) is 5.82 Å². The molecule has 1 aliphatic carbocycles. The van der Waals surface area contributed by atoms with Crippen molar-refractivity contribution in [2.75, 3.05) is 5.32 Å². The fourth-order valence-corrected chi connectivity index (χ4v) is 3.71. The van der Waals surface area contributed by atoms with E-state index < -0.39 is 45.6 Å². The number of esters is 1. The quantitative estimate of drug-likeness (QED) is 0.429. The van der Waals surface area contributed by atoms with Crippen LogP contribution in [0.2, 0.25) is 0 Å². The molecule has 1 saturated carbocycles. The highest BCUT2D eigenvalue weighted by molar-refractivity contribution is 5.96. The van der Waals surface area contributed by atoms with Crippen LogP contribution in [0.5, 0.6) is 0 Å². The van der Waals surface area contributed by atoms with Crippen molar-refractivity contribution < 1.29 is 28.0 Å². The summed E-state index contributed by atoms with van der Waals surface area (Å²) in [6.45, 7) is 1.34. The Bertz CT molecular complexity index is 989. The zero-order valence-corrected chi connectivity index (χ0v) is 16.2. The van der Waals surface area contributed by atoms with E-state index >= 15 is 0 Å². The average Bonchev–Trinajstić information content (AvgIpc) is 3.20. The van der Waals surface area contributed by atoms with Crippen LogP contribution in [0.3, 0.4) is 0 Å². The fourth-order valence-electron chi connectivity index (χ4n) is 3.71. The van der Waals surface area contributed by atoms with Crippen molar-refractivity contribution in [1.82, 2.24) is 0 Å². The van der Waals surface area contributed by atoms with Gasteiger partial charge in [0.15, 0.2) is 6.10 Å². The molecule has 0 unspecified atom stereocenters. The van der Waals surface area contributed by atoms with Crippen LogP contribution in [0.25, 0.3) is 0 Å². The van der Waals surface area contributed by atoms with Crippen LogP contribution < -0.4 is 5.32 Å². The molecular formula is C21H20F2N2O5. The van der Waals surface area contributed by atoms with Crippen molar-refractivity contribution in [3.05, 3.63) is 69.8 Å². The number of amides is 1. The minimum absolute atomic E-state index is 0.0133. The summed E-state index contributed by atoms with van der Waals surface area (Å²) in [7, 11) is 0. The highest BCUT2D eigenvalue weighted by Crippen LogP contribution is 2.43. The van der Waals surface area contributed by atoms with Gasteiger partial charge in [-0.3, -0.25) is 19.7 Å². The number of carbonyl (C=O) groups is 2. The van der Waals surface area contributed by atoms with Gasteiger partial charge in [-0.25, -0.2) is 4.39 Å². The van der Waals surface area contributed by atoms with Crippen molar-refractivity contribution in [3.8, 4) is 0 Å². The summed E-state index contributed by atoms with van der Waals surface area (Å²) >= 11 is 0. The molecule has 0 bridgehead atoms. The molecule has 30 heavy (non-hydrogen) atoms. The maximum atomic E-state index is 14.4. The number of benzene rings is 2. The third kappa shape index (κ3) is 4.14. The molecular weight excluding hydrogens is 398 g/mol.